The zero-order valence-electron chi connectivity index (χ0n) is 14.7. The summed E-state index contributed by atoms with van der Waals surface area (Å²) in [5.74, 6) is 1.20. The fourth-order valence-electron chi connectivity index (χ4n) is 2.55. The number of hydrogen-bond donors (Lipinski definition) is 1. The van der Waals surface area contributed by atoms with E-state index in [1.165, 1.54) is 0 Å². The molecule has 3 aromatic rings. The van der Waals surface area contributed by atoms with E-state index in [4.69, 9.17) is 9.47 Å². The van der Waals surface area contributed by atoms with Crippen LogP contribution in [-0.4, -0.2) is 28.5 Å². The molecule has 0 unspecified atom stereocenters. The number of halogens is 1. The molecule has 6 nitrogen and oxygen atoms in total. The van der Waals surface area contributed by atoms with Crippen LogP contribution < -0.4 is 14.8 Å². The number of pyridine rings is 1. The summed E-state index contributed by atoms with van der Waals surface area (Å²) in [4.78, 5) is 16.5. The maximum atomic E-state index is 12.0. The number of carbonyl (C=O) groups excluding carboxylic acids is 1. The first-order valence-corrected chi connectivity index (χ1v) is 9.10. The van der Waals surface area contributed by atoms with Gasteiger partial charge in [0.15, 0.2) is 6.61 Å². The summed E-state index contributed by atoms with van der Waals surface area (Å²) in [5.41, 5.74) is 2.74. The fourth-order valence-corrected chi connectivity index (χ4v) is 3.11. The minimum absolute atomic E-state index is 0.0497. The topological polar surface area (TPSA) is 64.9 Å². The number of nitrogens with one attached hydrogen (secondary N) is 1. The predicted octanol–water partition coefficient (Wildman–Crippen LogP) is 3.50. The molecule has 0 aliphatic carbocycles. The molecule has 1 N–H and O–H groups in total. The summed E-state index contributed by atoms with van der Waals surface area (Å²) in [6.07, 6.45) is 3.84. The molecular weight excluding hydrogens is 398 g/mol. The van der Waals surface area contributed by atoms with Crippen molar-refractivity contribution in [2.75, 3.05) is 13.2 Å². The number of benzene rings is 1. The largest absolute Gasteiger partial charge is 0.494 e. The molecule has 3 rings (SSSR count). The third-order valence-corrected chi connectivity index (χ3v) is 4.16. The van der Waals surface area contributed by atoms with Crippen LogP contribution in [0.2, 0.25) is 0 Å². The normalized spacial score (nSPS) is 10.7. The number of amides is 1. The van der Waals surface area contributed by atoms with Crippen LogP contribution in [0.25, 0.3) is 5.65 Å². The highest BCUT2D eigenvalue weighted by atomic mass is 79.9. The lowest BCUT2D eigenvalue weighted by Crippen LogP contribution is -2.28. The number of rotatable bonds is 7. The lowest BCUT2D eigenvalue weighted by atomic mass is 10.3. The van der Waals surface area contributed by atoms with E-state index in [0.29, 0.717) is 18.9 Å². The molecule has 0 fully saturated rings. The Kier molecular flexibility index (Phi) is 5.78. The Morgan fingerprint density at radius 1 is 1.19 bits per heavy atom. The van der Waals surface area contributed by atoms with Crippen molar-refractivity contribution in [1.29, 1.82) is 0 Å². The molecule has 1 aromatic carbocycles. The quantitative estimate of drug-likeness (QED) is 0.638. The van der Waals surface area contributed by atoms with Crippen LogP contribution in [0, 0.1) is 6.92 Å². The zero-order valence-corrected chi connectivity index (χ0v) is 16.2. The number of carbonyl (C=O) groups is 1. The summed E-state index contributed by atoms with van der Waals surface area (Å²) in [5, 5.41) is 2.82. The van der Waals surface area contributed by atoms with Crippen molar-refractivity contribution in [3.8, 4) is 11.5 Å². The average molecular weight is 418 g/mol. The lowest BCUT2D eigenvalue weighted by molar-refractivity contribution is -0.123. The lowest BCUT2D eigenvalue weighted by Gasteiger charge is -2.08. The van der Waals surface area contributed by atoms with Crippen molar-refractivity contribution < 1.29 is 14.3 Å². The number of ether oxygens (including phenoxy) is 2. The molecule has 7 heteroatoms. The van der Waals surface area contributed by atoms with Gasteiger partial charge in [-0.25, -0.2) is 4.98 Å². The second-order valence-electron chi connectivity index (χ2n) is 5.77. The van der Waals surface area contributed by atoms with Crippen molar-refractivity contribution in [1.82, 2.24) is 14.7 Å². The van der Waals surface area contributed by atoms with Crippen molar-refractivity contribution in [2.24, 2.45) is 0 Å². The Balaban J connectivity index is 1.51. The Morgan fingerprint density at radius 2 is 1.88 bits per heavy atom. The standard InChI is InChI=1S/C19H20BrN3O3/c1-3-25-16-4-6-17(7-5-16)26-12-18(24)21-9-15-11-23-10-14(20)8-13(2)19(23)22-15/h4-8,10-11H,3,9,12H2,1-2H3,(H,21,24). The van der Waals surface area contributed by atoms with E-state index in [9.17, 15) is 4.79 Å². The summed E-state index contributed by atoms with van der Waals surface area (Å²) >= 11 is 3.47. The van der Waals surface area contributed by atoms with Crippen LogP contribution in [0.1, 0.15) is 18.2 Å². The first kappa shape index (κ1) is 18.3. The highest BCUT2D eigenvalue weighted by Crippen LogP contribution is 2.18. The van der Waals surface area contributed by atoms with Gasteiger partial charge in [-0.05, 0) is 65.7 Å². The van der Waals surface area contributed by atoms with E-state index in [0.717, 1.165) is 27.1 Å². The van der Waals surface area contributed by atoms with Crippen molar-refractivity contribution in [2.45, 2.75) is 20.4 Å². The molecule has 0 saturated carbocycles. The van der Waals surface area contributed by atoms with Crippen molar-refractivity contribution >= 4 is 27.5 Å². The molecule has 0 saturated heterocycles. The van der Waals surface area contributed by atoms with E-state index in [2.05, 4.69) is 26.2 Å². The average Bonchev–Trinajstić information content (AvgIpc) is 3.03. The Bertz CT molecular complexity index is 906. The van der Waals surface area contributed by atoms with Gasteiger partial charge in [0.05, 0.1) is 18.8 Å². The summed E-state index contributed by atoms with van der Waals surface area (Å²) in [6, 6.07) is 9.19. The molecular formula is C19H20BrN3O3. The van der Waals surface area contributed by atoms with Crippen LogP contribution in [0.15, 0.2) is 47.2 Å². The van der Waals surface area contributed by atoms with E-state index in [1.54, 1.807) is 12.1 Å². The Hall–Kier alpha value is -2.54. The third kappa shape index (κ3) is 4.54. The van der Waals surface area contributed by atoms with Gasteiger partial charge < -0.3 is 19.2 Å². The number of imidazole rings is 1. The van der Waals surface area contributed by atoms with Crippen LogP contribution in [0.4, 0.5) is 0 Å². The first-order valence-electron chi connectivity index (χ1n) is 8.31. The van der Waals surface area contributed by atoms with Crippen LogP contribution in [0.5, 0.6) is 11.5 Å². The number of fused-ring (bicyclic) bond motifs is 1. The number of aromatic nitrogens is 2. The maximum Gasteiger partial charge on any atom is 0.258 e. The second-order valence-corrected chi connectivity index (χ2v) is 6.69. The van der Waals surface area contributed by atoms with E-state index < -0.39 is 0 Å². The summed E-state index contributed by atoms with van der Waals surface area (Å²) in [6.45, 7) is 4.84. The van der Waals surface area contributed by atoms with Gasteiger partial charge >= 0.3 is 0 Å². The highest BCUT2D eigenvalue weighted by molar-refractivity contribution is 9.10. The number of nitrogens with zero attached hydrogens (tertiary/aromatic N) is 2. The Morgan fingerprint density at radius 3 is 2.58 bits per heavy atom. The SMILES string of the molecule is CCOc1ccc(OCC(=O)NCc2cn3cc(Br)cc(C)c3n2)cc1. The zero-order chi connectivity index (χ0) is 18.5. The monoisotopic (exact) mass is 417 g/mol. The number of hydrogen-bond acceptors (Lipinski definition) is 4. The molecule has 2 heterocycles. The molecule has 26 heavy (non-hydrogen) atoms. The molecule has 2 aromatic heterocycles. The van der Waals surface area contributed by atoms with E-state index in [-0.39, 0.29) is 12.5 Å². The molecule has 0 bridgehead atoms. The molecule has 0 atom stereocenters. The molecule has 0 aliphatic heterocycles. The predicted molar refractivity (Wildman–Crippen MR) is 103 cm³/mol. The van der Waals surface area contributed by atoms with Crippen LogP contribution in [0.3, 0.4) is 0 Å². The van der Waals surface area contributed by atoms with E-state index in [1.807, 2.05) is 48.8 Å². The number of aryl methyl sites for hydroxylation is 1. The van der Waals surface area contributed by atoms with E-state index >= 15 is 0 Å². The second kappa shape index (κ2) is 8.23. The van der Waals surface area contributed by atoms with Gasteiger partial charge in [0, 0.05) is 16.9 Å². The summed E-state index contributed by atoms with van der Waals surface area (Å²) < 4.78 is 13.8. The molecule has 0 aliphatic rings. The third-order valence-electron chi connectivity index (χ3n) is 3.72. The molecule has 0 spiro atoms. The molecule has 1 amide bonds. The van der Waals surface area contributed by atoms with Crippen molar-refractivity contribution in [3.63, 3.8) is 0 Å². The summed E-state index contributed by atoms with van der Waals surface area (Å²) in [7, 11) is 0. The van der Waals surface area contributed by atoms with Gasteiger partial charge in [-0.3, -0.25) is 4.79 Å². The molecule has 0 radical (unpaired) electrons. The Labute approximate surface area is 160 Å². The first-order chi connectivity index (χ1) is 12.5. The van der Waals surface area contributed by atoms with Gasteiger partial charge in [0.25, 0.3) is 5.91 Å². The maximum absolute atomic E-state index is 12.0. The van der Waals surface area contributed by atoms with Gasteiger partial charge in [-0.1, -0.05) is 0 Å². The minimum atomic E-state index is -0.200. The van der Waals surface area contributed by atoms with Crippen molar-refractivity contribution in [3.05, 3.63) is 58.5 Å². The van der Waals surface area contributed by atoms with Gasteiger partial charge in [-0.15, -0.1) is 0 Å². The van der Waals surface area contributed by atoms with Gasteiger partial charge in [0.2, 0.25) is 0 Å². The fraction of sp³-hybridized carbons (Fsp3) is 0.263. The molecule has 136 valence electrons. The van der Waals surface area contributed by atoms with Crippen LogP contribution in [-0.2, 0) is 11.3 Å². The minimum Gasteiger partial charge on any atom is -0.494 e. The van der Waals surface area contributed by atoms with Gasteiger partial charge in [-0.2, -0.15) is 0 Å². The van der Waals surface area contributed by atoms with Crippen LogP contribution >= 0.6 is 15.9 Å². The highest BCUT2D eigenvalue weighted by Gasteiger charge is 2.08. The smallest absolute Gasteiger partial charge is 0.258 e. The van der Waals surface area contributed by atoms with Gasteiger partial charge in [0.1, 0.15) is 17.1 Å².